The van der Waals surface area contributed by atoms with Gasteiger partial charge in [0.2, 0.25) is 0 Å². The molecule has 0 bridgehead atoms. The van der Waals surface area contributed by atoms with Crippen molar-refractivity contribution < 1.29 is 0 Å². The molecule has 0 aliphatic heterocycles. The highest BCUT2D eigenvalue weighted by Gasteiger charge is 2.10. The minimum atomic E-state index is 0.00245. The van der Waals surface area contributed by atoms with Crippen LogP contribution in [-0.2, 0) is 0 Å². The van der Waals surface area contributed by atoms with E-state index < -0.39 is 0 Å². The van der Waals surface area contributed by atoms with Crippen LogP contribution < -0.4 is 10.1 Å². The normalized spacial score (nSPS) is 12.5. The van der Waals surface area contributed by atoms with Crippen molar-refractivity contribution in [2.75, 3.05) is 6.26 Å². The minimum absolute atomic E-state index is 0.00245. The molecule has 3 nitrogen and oxygen atoms in total. The molecule has 0 aliphatic carbocycles. The number of thioether (sulfide) groups is 1. The Morgan fingerprint density at radius 3 is 2.68 bits per heavy atom. The Balaban J connectivity index is 1.93. The van der Waals surface area contributed by atoms with Gasteiger partial charge in [0, 0.05) is 4.90 Å². The number of benzene rings is 2. The summed E-state index contributed by atoms with van der Waals surface area (Å²) in [5.74, 6) is 0. The van der Waals surface area contributed by atoms with E-state index >= 15 is 0 Å². The van der Waals surface area contributed by atoms with Crippen molar-refractivity contribution in [1.82, 2.24) is 9.38 Å². The Kier molecular flexibility index (Phi) is 3.24. The summed E-state index contributed by atoms with van der Waals surface area (Å²) < 4.78 is 2.41. The highest BCUT2D eigenvalue weighted by molar-refractivity contribution is 7.98. The van der Waals surface area contributed by atoms with Gasteiger partial charge in [0.25, 0.3) is 5.56 Å². The molecule has 108 valence electrons. The van der Waals surface area contributed by atoms with E-state index in [2.05, 4.69) is 17.1 Å². The number of imidazole rings is 1. The molecule has 0 atom stereocenters. The fraction of sp³-hybridized carbons (Fsp3) is 0.0588. The average molecular weight is 324 g/mol. The predicted octanol–water partition coefficient (Wildman–Crippen LogP) is 3.18. The van der Waals surface area contributed by atoms with E-state index in [9.17, 15) is 4.79 Å². The van der Waals surface area contributed by atoms with E-state index in [0.717, 1.165) is 21.6 Å². The summed E-state index contributed by atoms with van der Waals surface area (Å²) >= 11 is 3.14. The Hall–Kier alpha value is -2.11. The van der Waals surface area contributed by atoms with Crippen molar-refractivity contribution in [1.29, 1.82) is 0 Å². The lowest BCUT2D eigenvalue weighted by Gasteiger charge is -1.95. The molecule has 22 heavy (non-hydrogen) atoms. The summed E-state index contributed by atoms with van der Waals surface area (Å²) in [6.07, 6.45) is 3.98. The minimum Gasteiger partial charge on any atom is -0.267 e. The van der Waals surface area contributed by atoms with Crippen LogP contribution in [0.2, 0.25) is 0 Å². The third kappa shape index (κ3) is 2.14. The molecular weight excluding hydrogens is 312 g/mol. The number of hydrogen-bond acceptors (Lipinski definition) is 4. The summed E-state index contributed by atoms with van der Waals surface area (Å²) in [5, 5.41) is 0. The SMILES string of the molecule is CSc1ccc(C=c2sc3nc4ccccc4n3c2=O)cc1. The van der Waals surface area contributed by atoms with Gasteiger partial charge in [-0.05, 0) is 42.2 Å². The van der Waals surface area contributed by atoms with Crippen molar-refractivity contribution in [3.63, 3.8) is 0 Å². The first kappa shape index (κ1) is 13.5. The first-order valence-electron chi connectivity index (χ1n) is 6.82. The van der Waals surface area contributed by atoms with Crippen molar-refractivity contribution in [3.8, 4) is 0 Å². The van der Waals surface area contributed by atoms with Gasteiger partial charge >= 0.3 is 0 Å². The van der Waals surface area contributed by atoms with Crippen LogP contribution in [0, 0.1) is 0 Å². The van der Waals surface area contributed by atoms with Gasteiger partial charge < -0.3 is 0 Å². The van der Waals surface area contributed by atoms with Crippen LogP contribution in [0.5, 0.6) is 0 Å². The number of rotatable bonds is 2. The molecular formula is C17H12N2OS2. The Morgan fingerprint density at radius 2 is 1.91 bits per heavy atom. The first-order valence-corrected chi connectivity index (χ1v) is 8.86. The predicted molar refractivity (Wildman–Crippen MR) is 93.9 cm³/mol. The third-order valence-electron chi connectivity index (χ3n) is 3.56. The summed E-state index contributed by atoms with van der Waals surface area (Å²) in [4.78, 5) is 19.1. The Bertz CT molecular complexity index is 1080. The molecule has 0 aliphatic rings. The summed E-state index contributed by atoms with van der Waals surface area (Å²) in [6.45, 7) is 0. The van der Waals surface area contributed by atoms with Crippen LogP contribution in [-0.4, -0.2) is 15.6 Å². The molecule has 2 aromatic carbocycles. The molecule has 0 saturated heterocycles. The first-order chi connectivity index (χ1) is 10.8. The molecule has 0 saturated carbocycles. The second kappa shape index (κ2) is 5.26. The van der Waals surface area contributed by atoms with Crippen molar-refractivity contribution in [3.05, 3.63) is 69.0 Å². The van der Waals surface area contributed by atoms with Gasteiger partial charge in [-0.2, -0.15) is 0 Å². The summed E-state index contributed by atoms with van der Waals surface area (Å²) in [6, 6.07) is 15.9. The van der Waals surface area contributed by atoms with Crippen LogP contribution >= 0.6 is 23.1 Å². The zero-order chi connectivity index (χ0) is 15.1. The lowest BCUT2D eigenvalue weighted by atomic mass is 10.2. The summed E-state index contributed by atoms with van der Waals surface area (Å²) in [7, 11) is 0. The van der Waals surface area contributed by atoms with Crippen LogP contribution in [0.1, 0.15) is 5.56 Å². The van der Waals surface area contributed by atoms with Gasteiger partial charge in [0.1, 0.15) is 0 Å². The molecule has 4 rings (SSSR count). The second-order valence-corrected chi connectivity index (χ2v) is 6.80. The van der Waals surface area contributed by atoms with E-state index in [4.69, 9.17) is 0 Å². The van der Waals surface area contributed by atoms with Crippen molar-refractivity contribution in [2.45, 2.75) is 4.90 Å². The zero-order valence-corrected chi connectivity index (χ0v) is 13.4. The van der Waals surface area contributed by atoms with Gasteiger partial charge in [-0.1, -0.05) is 35.6 Å². The lowest BCUT2D eigenvalue weighted by molar-refractivity contribution is 1.19. The van der Waals surface area contributed by atoms with E-state index in [1.54, 1.807) is 16.2 Å². The molecule has 0 unspecified atom stereocenters. The van der Waals surface area contributed by atoms with Crippen LogP contribution in [0.4, 0.5) is 0 Å². The van der Waals surface area contributed by atoms with Gasteiger partial charge in [-0.15, -0.1) is 11.8 Å². The summed E-state index contributed by atoms with van der Waals surface area (Å²) in [5.41, 5.74) is 2.77. The topological polar surface area (TPSA) is 34.4 Å². The van der Waals surface area contributed by atoms with Crippen LogP contribution in [0.3, 0.4) is 0 Å². The maximum absolute atomic E-state index is 12.6. The molecule has 0 radical (unpaired) electrons. The average Bonchev–Trinajstić information content (AvgIpc) is 3.05. The number of thiazole rings is 1. The molecule has 0 fully saturated rings. The van der Waals surface area contributed by atoms with Crippen molar-refractivity contribution >= 4 is 45.2 Å². The largest absolute Gasteiger partial charge is 0.274 e. The molecule has 0 N–H and O–H groups in total. The fourth-order valence-corrected chi connectivity index (χ4v) is 3.86. The maximum Gasteiger partial charge on any atom is 0.274 e. The monoisotopic (exact) mass is 324 g/mol. The number of aromatic nitrogens is 2. The molecule has 2 heterocycles. The number of fused-ring (bicyclic) bond motifs is 3. The van der Waals surface area contributed by atoms with Crippen molar-refractivity contribution in [2.24, 2.45) is 0 Å². The molecule has 0 amide bonds. The van der Waals surface area contributed by atoms with Crippen LogP contribution in [0.15, 0.2) is 58.2 Å². The van der Waals surface area contributed by atoms with E-state index in [0.29, 0.717) is 4.53 Å². The number of para-hydroxylation sites is 2. The second-order valence-electron chi connectivity index (χ2n) is 4.91. The lowest BCUT2D eigenvalue weighted by Crippen LogP contribution is -2.22. The molecule has 5 heteroatoms. The van der Waals surface area contributed by atoms with Crippen LogP contribution in [0.25, 0.3) is 22.1 Å². The van der Waals surface area contributed by atoms with E-state index in [-0.39, 0.29) is 5.56 Å². The Morgan fingerprint density at radius 1 is 1.14 bits per heavy atom. The molecule has 4 aromatic rings. The Labute approximate surface area is 134 Å². The van der Waals surface area contributed by atoms with Gasteiger partial charge in [0.05, 0.1) is 15.6 Å². The zero-order valence-electron chi connectivity index (χ0n) is 11.8. The van der Waals surface area contributed by atoms with E-state index in [1.165, 1.54) is 16.2 Å². The third-order valence-corrected chi connectivity index (χ3v) is 5.27. The van der Waals surface area contributed by atoms with Gasteiger partial charge in [-0.3, -0.25) is 4.79 Å². The number of nitrogens with zero attached hydrogens (tertiary/aromatic N) is 2. The maximum atomic E-state index is 12.6. The fourth-order valence-electron chi connectivity index (χ4n) is 2.46. The standard InChI is InChI=1S/C17H12N2OS2/c1-21-12-8-6-11(7-9-12)10-15-16(20)19-14-5-3-2-4-13(14)18-17(19)22-15/h2-10H,1H3. The smallest absolute Gasteiger partial charge is 0.267 e. The quantitative estimate of drug-likeness (QED) is 0.531. The molecule has 0 spiro atoms. The van der Waals surface area contributed by atoms with E-state index in [1.807, 2.05) is 48.7 Å². The molecule has 2 aromatic heterocycles. The highest BCUT2D eigenvalue weighted by atomic mass is 32.2. The van der Waals surface area contributed by atoms with Gasteiger partial charge in [0.15, 0.2) is 4.96 Å². The number of hydrogen-bond donors (Lipinski definition) is 0. The highest BCUT2D eigenvalue weighted by Crippen LogP contribution is 2.17. The van der Waals surface area contributed by atoms with Gasteiger partial charge in [-0.25, -0.2) is 9.38 Å².